The minimum atomic E-state index is -0.230. The third-order valence-corrected chi connectivity index (χ3v) is 5.59. The van der Waals surface area contributed by atoms with Crippen LogP contribution in [0.4, 0.5) is 4.39 Å². The van der Waals surface area contributed by atoms with Crippen molar-refractivity contribution >= 4 is 5.91 Å². The van der Waals surface area contributed by atoms with E-state index in [-0.39, 0.29) is 11.7 Å². The van der Waals surface area contributed by atoms with Crippen LogP contribution in [0.25, 0.3) is 11.1 Å². The Hall–Kier alpha value is -2.20. The minimum absolute atomic E-state index is 0.147. The van der Waals surface area contributed by atoms with E-state index in [4.69, 9.17) is 0 Å². The highest BCUT2D eigenvalue weighted by molar-refractivity contribution is 5.97. The summed E-state index contributed by atoms with van der Waals surface area (Å²) in [6.45, 7) is 4.92. The topological polar surface area (TPSA) is 23.6 Å². The highest BCUT2D eigenvalue weighted by atomic mass is 19.1. The van der Waals surface area contributed by atoms with Gasteiger partial charge in [-0.25, -0.2) is 4.39 Å². The standard InChI is InChI=1S/C22H25FN2O/c23-20-7-4-17(5-8-20)18-6-9-21-19(16-18)10-13-25(22(21)26)15-14-24-11-2-1-3-12-24/h4-9,16H,1-3,10-15H2. The van der Waals surface area contributed by atoms with Crippen molar-refractivity contribution in [1.29, 1.82) is 0 Å². The molecule has 4 heteroatoms. The fourth-order valence-corrected chi connectivity index (χ4v) is 4.02. The van der Waals surface area contributed by atoms with Crippen molar-refractivity contribution < 1.29 is 9.18 Å². The predicted molar refractivity (Wildman–Crippen MR) is 102 cm³/mol. The Kier molecular flexibility index (Phi) is 5.02. The maximum atomic E-state index is 13.1. The molecule has 0 bridgehead atoms. The van der Waals surface area contributed by atoms with Gasteiger partial charge in [-0.1, -0.05) is 30.7 Å². The van der Waals surface area contributed by atoms with Crippen LogP contribution in [0.2, 0.25) is 0 Å². The molecule has 1 amide bonds. The molecule has 2 aromatic carbocycles. The van der Waals surface area contributed by atoms with Crippen molar-refractivity contribution in [3.8, 4) is 11.1 Å². The first-order chi connectivity index (χ1) is 12.7. The van der Waals surface area contributed by atoms with E-state index >= 15 is 0 Å². The van der Waals surface area contributed by atoms with Gasteiger partial charge in [0.05, 0.1) is 0 Å². The molecule has 0 radical (unpaired) electrons. The molecule has 2 aliphatic rings. The van der Waals surface area contributed by atoms with Crippen LogP contribution in [-0.2, 0) is 6.42 Å². The number of fused-ring (bicyclic) bond motifs is 1. The lowest BCUT2D eigenvalue weighted by Crippen LogP contribution is -2.43. The Morgan fingerprint density at radius 1 is 0.846 bits per heavy atom. The van der Waals surface area contributed by atoms with Crippen LogP contribution >= 0.6 is 0 Å². The van der Waals surface area contributed by atoms with Gasteiger partial charge in [-0.15, -0.1) is 0 Å². The largest absolute Gasteiger partial charge is 0.337 e. The molecule has 0 N–H and O–H groups in total. The zero-order valence-electron chi connectivity index (χ0n) is 15.1. The van der Waals surface area contributed by atoms with Gasteiger partial charge in [0.2, 0.25) is 0 Å². The number of carbonyl (C=O) groups excluding carboxylic acids is 1. The SMILES string of the molecule is O=C1c2ccc(-c3ccc(F)cc3)cc2CCN1CCN1CCCCC1. The lowest BCUT2D eigenvalue weighted by Gasteiger charge is -2.32. The summed E-state index contributed by atoms with van der Waals surface area (Å²) < 4.78 is 13.1. The van der Waals surface area contributed by atoms with E-state index < -0.39 is 0 Å². The van der Waals surface area contributed by atoms with Crippen LogP contribution in [0.1, 0.15) is 35.2 Å². The molecule has 2 heterocycles. The quantitative estimate of drug-likeness (QED) is 0.831. The average Bonchev–Trinajstić information content (AvgIpc) is 2.69. The Balaban J connectivity index is 1.45. The van der Waals surface area contributed by atoms with Crippen molar-refractivity contribution in [3.63, 3.8) is 0 Å². The van der Waals surface area contributed by atoms with E-state index in [2.05, 4.69) is 11.0 Å². The highest BCUT2D eigenvalue weighted by Crippen LogP contribution is 2.26. The van der Waals surface area contributed by atoms with Gasteiger partial charge in [-0.05, 0) is 67.2 Å². The molecule has 0 aliphatic carbocycles. The molecular formula is C22H25FN2O. The third-order valence-electron chi connectivity index (χ3n) is 5.59. The number of hydrogen-bond donors (Lipinski definition) is 0. The maximum Gasteiger partial charge on any atom is 0.254 e. The van der Waals surface area contributed by atoms with Crippen molar-refractivity contribution in [1.82, 2.24) is 9.80 Å². The highest BCUT2D eigenvalue weighted by Gasteiger charge is 2.25. The summed E-state index contributed by atoms with van der Waals surface area (Å²) in [6.07, 6.45) is 4.78. The fourth-order valence-electron chi connectivity index (χ4n) is 4.02. The van der Waals surface area contributed by atoms with Gasteiger partial charge in [0, 0.05) is 25.2 Å². The molecule has 0 saturated carbocycles. The zero-order valence-corrected chi connectivity index (χ0v) is 15.1. The van der Waals surface area contributed by atoms with Crippen molar-refractivity contribution in [2.24, 2.45) is 0 Å². The number of rotatable bonds is 4. The van der Waals surface area contributed by atoms with Gasteiger partial charge < -0.3 is 9.80 Å². The summed E-state index contributed by atoms with van der Waals surface area (Å²) in [5, 5.41) is 0. The summed E-state index contributed by atoms with van der Waals surface area (Å²) >= 11 is 0. The molecular weight excluding hydrogens is 327 g/mol. The molecule has 0 spiro atoms. The molecule has 3 nitrogen and oxygen atoms in total. The van der Waals surface area contributed by atoms with E-state index in [0.717, 1.165) is 48.3 Å². The van der Waals surface area contributed by atoms with Crippen LogP contribution in [-0.4, -0.2) is 48.4 Å². The molecule has 136 valence electrons. The molecule has 0 unspecified atom stereocenters. The van der Waals surface area contributed by atoms with Crippen molar-refractivity contribution in [3.05, 3.63) is 59.4 Å². The lowest BCUT2D eigenvalue weighted by atomic mass is 9.94. The first-order valence-electron chi connectivity index (χ1n) is 9.61. The number of halogens is 1. The third kappa shape index (κ3) is 3.65. The first kappa shape index (κ1) is 17.2. The molecule has 2 aliphatic heterocycles. The van der Waals surface area contributed by atoms with E-state index in [0.29, 0.717) is 0 Å². The Bertz CT molecular complexity index is 781. The van der Waals surface area contributed by atoms with E-state index in [1.807, 2.05) is 17.0 Å². The number of nitrogens with zero attached hydrogens (tertiary/aromatic N) is 2. The van der Waals surface area contributed by atoms with Crippen molar-refractivity contribution in [2.75, 3.05) is 32.7 Å². The Morgan fingerprint density at radius 2 is 1.58 bits per heavy atom. The summed E-state index contributed by atoms with van der Waals surface area (Å²) in [5.74, 6) is -0.0832. The van der Waals surface area contributed by atoms with Gasteiger partial charge in [0.25, 0.3) is 5.91 Å². The van der Waals surface area contributed by atoms with Crippen LogP contribution in [0.5, 0.6) is 0 Å². The van der Waals surface area contributed by atoms with E-state index in [9.17, 15) is 9.18 Å². The summed E-state index contributed by atoms with van der Waals surface area (Å²) in [5.41, 5.74) is 3.94. The number of hydrogen-bond acceptors (Lipinski definition) is 2. The smallest absolute Gasteiger partial charge is 0.254 e. The first-order valence-corrected chi connectivity index (χ1v) is 9.61. The predicted octanol–water partition coefficient (Wildman–Crippen LogP) is 3.98. The maximum absolute atomic E-state index is 13.1. The number of likely N-dealkylation sites (tertiary alicyclic amines) is 1. The Morgan fingerprint density at radius 3 is 2.35 bits per heavy atom. The summed E-state index contributed by atoms with van der Waals surface area (Å²) in [7, 11) is 0. The number of carbonyl (C=O) groups is 1. The van der Waals surface area contributed by atoms with E-state index in [1.165, 1.54) is 44.5 Å². The van der Waals surface area contributed by atoms with Gasteiger partial charge >= 0.3 is 0 Å². The molecule has 0 aromatic heterocycles. The van der Waals surface area contributed by atoms with Gasteiger partial charge in [-0.2, -0.15) is 0 Å². The summed E-state index contributed by atoms with van der Waals surface area (Å²) in [6, 6.07) is 12.5. The molecule has 1 saturated heterocycles. The van der Waals surface area contributed by atoms with Gasteiger partial charge in [0.15, 0.2) is 0 Å². The van der Waals surface area contributed by atoms with Gasteiger partial charge in [-0.3, -0.25) is 4.79 Å². The van der Waals surface area contributed by atoms with Crippen LogP contribution in [0.3, 0.4) is 0 Å². The number of benzene rings is 2. The zero-order chi connectivity index (χ0) is 17.9. The fraction of sp³-hybridized carbons (Fsp3) is 0.409. The number of piperidine rings is 1. The molecule has 26 heavy (non-hydrogen) atoms. The monoisotopic (exact) mass is 352 g/mol. The van der Waals surface area contributed by atoms with Crippen LogP contribution in [0, 0.1) is 5.82 Å². The Labute approximate surface area is 154 Å². The van der Waals surface area contributed by atoms with Crippen LogP contribution in [0.15, 0.2) is 42.5 Å². The molecule has 1 fully saturated rings. The van der Waals surface area contributed by atoms with Crippen molar-refractivity contribution in [2.45, 2.75) is 25.7 Å². The molecule has 0 atom stereocenters. The number of amides is 1. The normalized spacial score (nSPS) is 18.0. The summed E-state index contributed by atoms with van der Waals surface area (Å²) in [4.78, 5) is 17.3. The van der Waals surface area contributed by atoms with E-state index in [1.54, 1.807) is 12.1 Å². The molecule has 4 rings (SSSR count). The second-order valence-corrected chi connectivity index (χ2v) is 7.32. The minimum Gasteiger partial charge on any atom is -0.337 e. The second kappa shape index (κ2) is 7.58. The second-order valence-electron chi connectivity index (χ2n) is 7.32. The molecule has 2 aromatic rings. The average molecular weight is 352 g/mol. The lowest BCUT2D eigenvalue weighted by molar-refractivity contribution is 0.0713. The van der Waals surface area contributed by atoms with Gasteiger partial charge in [0.1, 0.15) is 5.82 Å². The van der Waals surface area contributed by atoms with Crippen LogP contribution < -0.4 is 0 Å².